The number of allylic oxidation sites excluding steroid dienone is 1. The van der Waals surface area contributed by atoms with E-state index in [4.69, 9.17) is 0 Å². The van der Waals surface area contributed by atoms with Crippen molar-refractivity contribution in [1.29, 1.82) is 0 Å². The molecule has 0 radical (unpaired) electrons. The van der Waals surface area contributed by atoms with E-state index in [0.717, 1.165) is 9.80 Å². The molecule has 104 valence electrons. The fourth-order valence-electron chi connectivity index (χ4n) is 2.22. The first-order valence-corrected chi connectivity index (χ1v) is 6.05. The maximum atomic E-state index is 12.0. The van der Waals surface area contributed by atoms with Crippen molar-refractivity contribution in [2.45, 2.75) is 13.8 Å². The van der Waals surface area contributed by atoms with Crippen LogP contribution in [-0.2, 0) is 19.2 Å². The van der Waals surface area contributed by atoms with Gasteiger partial charge < -0.3 is 0 Å². The molecule has 4 amide bonds. The summed E-state index contributed by atoms with van der Waals surface area (Å²) in [6.45, 7) is 3.17. The Morgan fingerprint density at radius 2 is 1.30 bits per heavy atom. The maximum absolute atomic E-state index is 12.0. The lowest BCUT2D eigenvalue weighted by Crippen LogP contribution is -2.26. The Hall–Kier alpha value is -2.50. The number of carbonyl (C=O) groups is 4. The third-order valence-electron chi connectivity index (χ3n) is 3.50. The Balaban J connectivity index is 2.57. The van der Waals surface area contributed by atoms with Gasteiger partial charge in [0, 0.05) is 30.8 Å². The van der Waals surface area contributed by atoms with Crippen LogP contribution in [0, 0.1) is 0 Å². The number of imide groups is 2. The number of hydrogen-bond acceptors (Lipinski definition) is 4. The number of likely N-dealkylation sites (tertiary alicyclic amines) is 1. The van der Waals surface area contributed by atoms with Crippen LogP contribution in [0.25, 0.3) is 0 Å². The zero-order chi connectivity index (χ0) is 15.2. The van der Waals surface area contributed by atoms with E-state index in [1.165, 1.54) is 33.2 Å². The maximum Gasteiger partial charge on any atom is 0.261 e. The third kappa shape index (κ3) is 1.72. The molecule has 0 aromatic heterocycles. The number of likely N-dealkylation sites (N-methyl/N-ethyl adjacent to an activating group) is 2. The second-order valence-corrected chi connectivity index (χ2v) is 4.64. The molecule has 0 saturated carbocycles. The van der Waals surface area contributed by atoms with Gasteiger partial charge in [-0.2, -0.15) is 0 Å². The van der Waals surface area contributed by atoms with Crippen molar-refractivity contribution in [3.05, 3.63) is 34.4 Å². The Bertz CT molecular complexity index is 652. The topological polar surface area (TPSA) is 74.8 Å². The molecule has 1 saturated heterocycles. The van der Waals surface area contributed by atoms with Crippen molar-refractivity contribution >= 4 is 23.6 Å². The fraction of sp³-hybridized carbons (Fsp3) is 0.286. The molecule has 0 bridgehead atoms. The first-order chi connectivity index (χ1) is 9.31. The quantitative estimate of drug-likeness (QED) is 0.504. The van der Waals surface area contributed by atoms with E-state index in [1.807, 2.05) is 0 Å². The molecule has 0 aromatic carbocycles. The molecule has 0 spiro atoms. The lowest BCUT2D eigenvalue weighted by molar-refractivity contribution is -0.136. The molecule has 0 aliphatic carbocycles. The Kier molecular flexibility index (Phi) is 3.17. The first-order valence-electron chi connectivity index (χ1n) is 6.05. The van der Waals surface area contributed by atoms with Crippen LogP contribution in [0.5, 0.6) is 0 Å². The van der Waals surface area contributed by atoms with Crippen LogP contribution in [0.2, 0.25) is 0 Å². The van der Waals surface area contributed by atoms with Gasteiger partial charge >= 0.3 is 0 Å². The molecule has 20 heavy (non-hydrogen) atoms. The van der Waals surface area contributed by atoms with Crippen molar-refractivity contribution < 1.29 is 19.2 Å². The monoisotopic (exact) mass is 274 g/mol. The summed E-state index contributed by atoms with van der Waals surface area (Å²) in [4.78, 5) is 49.5. The molecule has 0 aromatic rings. The van der Waals surface area contributed by atoms with Crippen molar-refractivity contribution in [1.82, 2.24) is 9.80 Å². The van der Waals surface area contributed by atoms with Crippen LogP contribution >= 0.6 is 0 Å². The molecule has 0 N–H and O–H groups in total. The summed E-state index contributed by atoms with van der Waals surface area (Å²) in [5.74, 6) is -1.75. The zero-order valence-corrected chi connectivity index (χ0v) is 11.7. The van der Waals surface area contributed by atoms with Crippen LogP contribution < -0.4 is 0 Å². The minimum absolute atomic E-state index is 0.144. The third-order valence-corrected chi connectivity index (χ3v) is 3.50. The predicted octanol–water partition coefficient (Wildman–Crippen LogP) is 0.173. The van der Waals surface area contributed by atoms with Crippen LogP contribution in [0.15, 0.2) is 34.4 Å². The second kappa shape index (κ2) is 4.56. The molecular formula is C14H14N2O4. The highest BCUT2D eigenvalue weighted by molar-refractivity contribution is 6.26. The summed E-state index contributed by atoms with van der Waals surface area (Å²) in [5, 5.41) is 0. The van der Waals surface area contributed by atoms with Crippen molar-refractivity contribution in [3.63, 3.8) is 0 Å². The predicted molar refractivity (Wildman–Crippen MR) is 70.1 cm³/mol. The van der Waals surface area contributed by atoms with Gasteiger partial charge in [-0.1, -0.05) is 6.08 Å². The fourth-order valence-corrected chi connectivity index (χ4v) is 2.22. The van der Waals surface area contributed by atoms with Gasteiger partial charge in [-0.25, -0.2) is 0 Å². The summed E-state index contributed by atoms with van der Waals surface area (Å²) in [6, 6.07) is 0. The van der Waals surface area contributed by atoms with Crippen LogP contribution in [0.1, 0.15) is 13.8 Å². The number of hydrogen-bond donors (Lipinski definition) is 0. The number of amides is 4. The Labute approximate surface area is 116 Å². The highest BCUT2D eigenvalue weighted by atomic mass is 16.2. The number of nitrogens with zero attached hydrogens (tertiary/aromatic N) is 2. The van der Waals surface area contributed by atoms with Gasteiger partial charge in [0.25, 0.3) is 23.6 Å². The highest BCUT2D eigenvalue weighted by Crippen LogP contribution is 2.28. The van der Waals surface area contributed by atoms with E-state index >= 15 is 0 Å². The van der Waals surface area contributed by atoms with Gasteiger partial charge in [0.1, 0.15) is 0 Å². The molecule has 1 fully saturated rings. The average Bonchev–Trinajstić information content (AvgIpc) is 2.74. The summed E-state index contributed by atoms with van der Waals surface area (Å²) >= 11 is 0. The molecule has 2 aliphatic heterocycles. The molecule has 2 heterocycles. The van der Waals surface area contributed by atoms with Crippen LogP contribution in [0.3, 0.4) is 0 Å². The van der Waals surface area contributed by atoms with E-state index in [1.54, 1.807) is 6.92 Å². The van der Waals surface area contributed by atoms with Crippen molar-refractivity contribution in [3.8, 4) is 0 Å². The van der Waals surface area contributed by atoms with Gasteiger partial charge in [0.05, 0.1) is 5.57 Å². The van der Waals surface area contributed by atoms with Gasteiger partial charge in [0.2, 0.25) is 0 Å². The SMILES string of the molecule is C/C=C1/C(=O)N(C)C(=O)/C1=C/C1=C(C)C(=O)N(C)C1=O. The van der Waals surface area contributed by atoms with E-state index in [9.17, 15) is 19.2 Å². The number of rotatable bonds is 1. The highest BCUT2D eigenvalue weighted by Gasteiger charge is 2.38. The molecular weight excluding hydrogens is 260 g/mol. The largest absolute Gasteiger partial charge is 0.278 e. The standard InChI is InChI=1S/C14H14N2O4/c1-5-8-10(14(20)16(4)12(8)18)6-9-7(2)11(17)15(3)13(9)19/h5-6H,1-4H3/b8-5+,10-6+. The van der Waals surface area contributed by atoms with Crippen LogP contribution in [-0.4, -0.2) is 47.5 Å². The lowest BCUT2D eigenvalue weighted by atomic mass is 10.0. The first kappa shape index (κ1) is 13.9. The van der Waals surface area contributed by atoms with E-state index < -0.39 is 23.6 Å². The summed E-state index contributed by atoms with van der Waals surface area (Å²) in [5.41, 5.74) is 0.817. The van der Waals surface area contributed by atoms with E-state index in [0.29, 0.717) is 0 Å². The smallest absolute Gasteiger partial charge is 0.261 e. The lowest BCUT2D eigenvalue weighted by Gasteiger charge is -2.05. The molecule has 0 unspecified atom stereocenters. The van der Waals surface area contributed by atoms with Gasteiger partial charge in [-0.3, -0.25) is 29.0 Å². The molecule has 2 aliphatic rings. The van der Waals surface area contributed by atoms with E-state index in [-0.39, 0.29) is 22.3 Å². The molecule has 6 heteroatoms. The Morgan fingerprint density at radius 1 is 0.800 bits per heavy atom. The molecule has 6 nitrogen and oxygen atoms in total. The van der Waals surface area contributed by atoms with Gasteiger partial charge in [0.15, 0.2) is 0 Å². The second-order valence-electron chi connectivity index (χ2n) is 4.64. The summed E-state index contributed by atoms with van der Waals surface area (Å²) in [6.07, 6.45) is 2.86. The number of carbonyl (C=O) groups excluding carboxylic acids is 4. The summed E-state index contributed by atoms with van der Waals surface area (Å²) < 4.78 is 0. The minimum Gasteiger partial charge on any atom is -0.278 e. The summed E-state index contributed by atoms with van der Waals surface area (Å²) in [7, 11) is 2.76. The van der Waals surface area contributed by atoms with Gasteiger partial charge in [-0.05, 0) is 19.9 Å². The van der Waals surface area contributed by atoms with Gasteiger partial charge in [-0.15, -0.1) is 0 Å². The van der Waals surface area contributed by atoms with Crippen molar-refractivity contribution in [2.75, 3.05) is 14.1 Å². The molecule has 2 rings (SSSR count). The van der Waals surface area contributed by atoms with E-state index in [2.05, 4.69) is 0 Å². The average molecular weight is 274 g/mol. The zero-order valence-electron chi connectivity index (χ0n) is 11.7. The minimum atomic E-state index is -0.474. The van der Waals surface area contributed by atoms with Crippen molar-refractivity contribution in [2.24, 2.45) is 0 Å². The Morgan fingerprint density at radius 3 is 1.75 bits per heavy atom. The molecule has 0 atom stereocenters. The normalized spacial score (nSPS) is 24.2. The van der Waals surface area contributed by atoms with Crippen LogP contribution in [0.4, 0.5) is 0 Å².